The molecule has 0 N–H and O–H groups in total. The second-order valence-corrected chi connectivity index (χ2v) is 5.21. The fraction of sp³-hybridized carbons (Fsp3) is 0.833. The van der Waals surface area contributed by atoms with Crippen LogP contribution in [-0.4, -0.2) is 24.8 Å². The van der Waals surface area contributed by atoms with Crippen molar-refractivity contribution in [3.05, 3.63) is 0 Å². The maximum absolute atomic E-state index is 11.9. The molecule has 82 valence electrons. The zero-order valence-corrected chi connectivity index (χ0v) is 8.99. The van der Waals surface area contributed by atoms with Gasteiger partial charge in [0.2, 0.25) is 0 Å². The van der Waals surface area contributed by atoms with Gasteiger partial charge in [0.05, 0.1) is 0 Å². The van der Waals surface area contributed by atoms with Gasteiger partial charge in [0.15, 0.2) is 5.78 Å². The molecule has 3 saturated carbocycles. The van der Waals surface area contributed by atoms with Crippen molar-refractivity contribution in [2.75, 3.05) is 7.11 Å². The van der Waals surface area contributed by atoms with Crippen molar-refractivity contribution >= 4 is 11.6 Å². The molecule has 0 radical (unpaired) electrons. The first-order valence-corrected chi connectivity index (χ1v) is 5.78. The van der Waals surface area contributed by atoms with E-state index >= 15 is 0 Å². The molecule has 3 aliphatic rings. The monoisotopic (exact) mass is 208 g/mol. The lowest BCUT2D eigenvalue weighted by molar-refractivity contribution is -0.133. The van der Waals surface area contributed by atoms with E-state index in [0.29, 0.717) is 18.6 Å². The van der Waals surface area contributed by atoms with E-state index in [4.69, 9.17) is 4.74 Å². The van der Waals surface area contributed by atoms with Crippen molar-refractivity contribution in [3.63, 3.8) is 0 Å². The van der Waals surface area contributed by atoms with Crippen LogP contribution in [0.1, 0.15) is 32.1 Å². The number of hydrogen-bond acceptors (Lipinski definition) is 3. The number of methoxy groups -OCH3 is 1. The summed E-state index contributed by atoms with van der Waals surface area (Å²) in [7, 11) is 1.61. The van der Waals surface area contributed by atoms with Crippen LogP contribution in [0.3, 0.4) is 0 Å². The molecule has 0 unspecified atom stereocenters. The van der Waals surface area contributed by atoms with Gasteiger partial charge in [-0.3, -0.25) is 9.59 Å². The van der Waals surface area contributed by atoms with Gasteiger partial charge >= 0.3 is 0 Å². The number of rotatable bonds is 1. The molecular formula is C12H16O3. The van der Waals surface area contributed by atoms with Crippen LogP contribution in [0.2, 0.25) is 0 Å². The standard InChI is InChI=1S/C12H16O3/c1-15-11-10(14)6-7-5-9(13)8-3-2-4-12(7,8)11/h7-8,11H,2-6H2,1H3/t7-,8+,11-,12+/m1/s1. The Hall–Kier alpha value is -0.700. The maximum atomic E-state index is 11.9. The first-order valence-electron chi connectivity index (χ1n) is 5.78. The second kappa shape index (κ2) is 2.91. The van der Waals surface area contributed by atoms with Gasteiger partial charge in [-0.1, -0.05) is 6.42 Å². The smallest absolute Gasteiger partial charge is 0.162 e. The highest BCUT2D eigenvalue weighted by molar-refractivity contribution is 5.94. The summed E-state index contributed by atoms with van der Waals surface area (Å²) in [5, 5.41) is 0. The Morgan fingerprint density at radius 2 is 2.00 bits per heavy atom. The van der Waals surface area contributed by atoms with Gasteiger partial charge in [0.25, 0.3) is 0 Å². The molecule has 3 nitrogen and oxygen atoms in total. The molecule has 0 amide bonds. The number of hydrogen-bond donors (Lipinski definition) is 0. The van der Waals surface area contributed by atoms with Gasteiger partial charge in [-0.2, -0.15) is 0 Å². The first-order chi connectivity index (χ1) is 7.20. The fourth-order valence-electron chi connectivity index (χ4n) is 4.37. The average Bonchev–Trinajstić information content (AvgIpc) is 2.77. The molecule has 15 heavy (non-hydrogen) atoms. The molecule has 0 aromatic heterocycles. The zero-order chi connectivity index (χ0) is 10.6. The van der Waals surface area contributed by atoms with Crippen LogP contribution < -0.4 is 0 Å². The molecule has 4 atom stereocenters. The Kier molecular flexibility index (Phi) is 1.85. The van der Waals surface area contributed by atoms with Crippen LogP contribution in [0.25, 0.3) is 0 Å². The van der Waals surface area contributed by atoms with E-state index in [0.717, 1.165) is 19.3 Å². The summed E-state index contributed by atoms with van der Waals surface area (Å²) in [4.78, 5) is 23.7. The minimum atomic E-state index is -0.290. The summed E-state index contributed by atoms with van der Waals surface area (Å²) in [6, 6.07) is 0. The average molecular weight is 208 g/mol. The predicted octanol–water partition coefficient (Wildman–Crippen LogP) is 1.35. The molecule has 3 fully saturated rings. The van der Waals surface area contributed by atoms with Gasteiger partial charge in [-0.25, -0.2) is 0 Å². The maximum Gasteiger partial charge on any atom is 0.162 e. The largest absolute Gasteiger partial charge is 0.373 e. The second-order valence-electron chi connectivity index (χ2n) is 5.21. The van der Waals surface area contributed by atoms with Crippen molar-refractivity contribution in [1.82, 2.24) is 0 Å². The topological polar surface area (TPSA) is 43.4 Å². The predicted molar refractivity (Wildman–Crippen MR) is 53.3 cm³/mol. The lowest BCUT2D eigenvalue weighted by Gasteiger charge is -2.33. The summed E-state index contributed by atoms with van der Waals surface area (Å²) < 4.78 is 5.39. The van der Waals surface area contributed by atoms with Gasteiger partial charge in [0.1, 0.15) is 11.9 Å². The number of carbonyl (C=O) groups is 2. The molecule has 1 spiro atoms. The molecule has 0 heterocycles. The highest BCUT2D eigenvalue weighted by atomic mass is 16.5. The third-order valence-electron chi connectivity index (χ3n) is 4.81. The Bertz CT molecular complexity index is 336. The zero-order valence-electron chi connectivity index (χ0n) is 8.99. The molecule has 0 aromatic rings. The van der Waals surface area contributed by atoms with Gasteiger partial charge in [-0.05, 0) is 18.8 Å². The Morgan fingerprint density at radius 3 is 2.73 bits per heavy atom. The van der Waals surface area contributed by atoms with Crippen molar-refractivity contribution < 1.29 is 14.3 Å². The van der Waals surface area contributed by atoms with Crippen molar-refractivity contribution in [2.24, 2.45) is 17.3 Å². The summed E-state index contributed by atoms with van der Waals surface area (Å²) in [5.74, 6) is 1.02. The fourth-order valence-corrected chi connectivity index (χ4v) is 4.37. The number of ketones is 2. The Labute approximate surface area is 89.2 Å². The molecule has 0 bridgehead atoms. The minimum absolute atomic E-state index is 0.0943. The van der Waals surface area contributed by atoms with E-state index in [2.05, 4.69) is 0 Å². The van der Waals surface area contributed by atoms with Gasteiger partial charge in [0, 0.05) is 31.3 Å². The summed E-state index contributed by atoms with van der Waals surface area (Å²) in [5.41, 5.74) is -0.0943. The normalized spacial score (nSPS) is 48.5. The Morgan fingerprint density at radius 1 is 1.27 bits per heavy atom. The van der Waals surface area contributed by atoms with Crippen LogP contribution >= 0.6 is 0 Å². The van der Waals surface area contributed by atoms with Crippen LogP contribution in [0.4, 0.5) is 0 Å². The van der Waals surface area contributed by atoms with Crippen LogP contribution in [-0.2, 0) is 14.3 Å². The lowest BCUT2D eigenvalue weighted by Crippen LogP contribution is -2.39. The van der Waals surface area contributed by atoms with E-state index in [1.165, 1.54) is 0 Å². The Balaban J connectivity index is 2.06. The van der Waals surface area contributed by atoms with Crippen molar-refractivity contribution in [3.8, 4) is 0 Å². The molecule has 3 heteroatoms. The molecule has 3 aliphatic carbocycles. The van der Waals surface area contributed by atoms with E-state index in [1.54, 1.807) is 7.11 Å². The van der Waals surface area contributed by atoms with Crippen LogP contribution in [0.15, 0.2) is 0 Å². The van der Waals surface area contributed by atoms with E-state index < -0.39 is 0 Å². The third kappa shape index (κ3) is 0.949. The van der Waals surface area contributed by atoms with E-state index in [1.807, 2.05) is 0 Å². The molecule has 0 aliphatic heterocycles. The molecule has 0 saturated heterocycles. The number of carbonyl (C=O) groups excluding carboxylic acids is 2. The van der Waals surface area contributed by atoms with Gasteiger partial charge in [-0.15, -0.1) is 0 Å². The highest BCUT2D eigenvalue weighted by Gasteiger charge is 2.66. The summed E-state index contributed by atoms with van der Waals surface area (Å²) in [6.45, 7) is 0. The summed E-state index contributed by atoms with van der Waals surface area (Å²) >= 11 is 0. The number of Topliss-reactive ketones (excluding diaryl/α,β-unsaturated/α-hetero) is 2. The number of ether oxygens (including phenoxy) is 1. The minimum Gasteiger partial charge on any atom is -0.373 e. The first kappa shape index (κ1) is 9.52. The third-order valence-corrected chi connectivity index (χ3v) is 4.81. The van der Waals surface area contributed by atoms with Crippen molar-refractivity contribution in [1.29, 1.82) is 0 Å². The highest BCUT2D eigenvalue weighted by Crippen LogP contribution is 2.63. The summed E-state index contributed by atoms with van der Waals surface area (Å²) in [6.07, 6.45) is 3.97. The van der Waals surface area contributed by atoms with E-state index in [-0.39, 0.29) is 29.1 Å². The van der Waals surface area contributed by atoms with Crippen LogP contribution in [0, 0.1) is 17.3 Å². The molecule has 0 aromatic carbocycles. The van der Waals surface area contributed by atoms with Gasteiger partial charge < -0.3 is 4.74 Å². The van der Waals surface area contributed by atoms with Crippen LogP contribution in [0.5, 0.6) is 0 Å². The lowest BCUT2D eigenvalue weighted by atomic mass is 9.74. The van der Waals surface area contributed by atoms with Crippen molar-refractivity contribution in [2.45, 2.75) is 38.2 Å². The molecular weight excluding hydrogens is 192 g/mol. The van der Waals surface area contributed by atoms with E-state index in [9.17, 15) is 9.59 Å². The SMILES string of the molecule is CO[C@@H]1C(=O)C[C@H]2CC(=O)[C@@H]3CCC[C@@]213. The quantitative estimate of drug-likeness (QED) is 0.653. The molecule has 3 rings (SSSR count).